The minimum Gasteiger partial charge on any atom is -0.344 e. The van der Waals surface area contributed by atoms with E-state index in [-0.39, 0.29) is 23.8 Å². The van der Waals surface area contributed by atoms with Crippen LogP contribution < -0.4 is 15.5 Å². The van der Waals surface area contributed by atoms with Crippen LogP contribution in [0.1, 0.15) is 12.8 Å². The Balaban J connectivity index is 1.44. The first-order valence-electron chi connectivity index (χ1n) is 8.49. The molecule has 2 aliphatic rings. The summed E-state index contributed by atoms with van der Waals surface area (Å²) < 4.78 is 0. The van der Waals surface area contributed by atoms with Crippen molar-refractivity contribution in [3.05, 3.63) is 29.3 Å². The molecule has 3 N–H and O–H groups in total. The quantitative estimate of drug-likeness (QED) is 0.659. The topological polar surface area (TPSA) is 83.0 Å². The fraction of sp³-hybridized carbons (Fsp3) is 0.471. The van der Waals surface area contributed by atoms with Crippen molar-refractivity contribution in [2.45, 2.75) is 18.9 Å². The Morgan fingerprint density at radius 3 is 2.64 bits per heavy atom. The zero-order valence-corrected chi connectivity index (χ0v) is 14.6. The third-order valence-electron chi connectivity index (χ3n) is 4.63. The van der Waals surface area contributed by atoms with Crippen LogP contribution >= 0.6 is 11.6 Å². The van der Waals surface area contributed by atoms with Crippen molar-refractivity contribution < 1.29 is 19.3 Å². The molecule has 2 aliphatic heterocycles. The van der Waals surface area contributed by atoms with Crippen molar-refractivity contribution in [3.8, 4) is 0 Å². The molecule has 2 saturated heterocycles. The van der Waals surface area contributed by atoms with Gasteiger partial charge in [0.15, 0.2) is 6.54 Å². The molecular weight excluding hydrogens is 344 g/mol. The number of amides is 3. The standard InChI is InChI=1S/C17H21ClN4O3/c18-12-3-1-2-4-13(12)19-16(24)11-21-7-9-22(10-8-21)17(25)14-5-6-15(23)20-14/h1-4,14H,5-11H2,(H,19,24)(H,20,23)/p+1/t14-/m0/s1. The highest BCUT2D eigenvalue weighted by Crippen LogP contribution is 2.19. The van der Waals surface area contributed by atoms with Gasteiger partial charge in [-0.1, -0.05) is 23.7 Å². The molecular formula is C17H22ClN4O3+. The van der Waals surface area contributed by atoms with E-state index in [4.69, 9.17) is 11.6 Å². The molecule has 0 saturated carbocycles. The van der Waals surface area contributed by atoms with Crippen LogP contribution in [0.25, 0.3) is 0 Å². The Labute approximate surface area is 151 Å². The van der Waals surface area contributed by atoms with Gasteiger partial charge in [-0.05, 0) is 18.6 Å². The van der Waals surface area contributed by atoms with Gasteiger partial charge < -0.3 is 20.4 Å². The lowest BCUT2D eigenvalue weighted by Crippen LogP contribution is -3.15. The molecule has 0 radical (unpaired) electrons. The van der Waals surface area contributed by atoms with Gasteiger partial charge in [0.25, 0.3) is 5.91 Å². The Kier molecular flexibility index (Phi) is 5.55. The lowest BCUT2D eigenvalue weighted by Gasteiger charge is -2.33. The fourth-order valence-electron chi connectivity index (χ4n) is 3.22. The first-order valence-corrected chi connectivity index (χ1v) is 8.87. The summed E-state index contributed by atoms with van der Waals surface area (Å²) in [6, 6.07) is 6.75. The van der Waals surface area contributed by atoms with E-state index in [1.807, 2.05) is 12.1 Å². The average Bonchev–Trinajstić information content (AvgIpc) is 3.03. The van der Waals surface area contributed by atoms with Crippen molar-refractivity contribution in [1.82, 2.24) is 10.2 Å². The molecule has 0 aromatic heterocycles. The molecule has 0 spiro atoms. The Morgan fingerprint density at radius 2 is 2.00 bits per heavy atom. The summed E-state index contributed by atoms with van der Waals surface area (Å²) in [6.45, 7) is 2.96. The number of hydrogen-bond acceptors (Lipinski definition) is 3. The van der Waals surface area contributed by atoms with E-state index >= 15 is 0 Å². The average molecular weight is 366 g/mol. The van der Waals surface area contributed by atoms with E-state index in [0.717, 1.165) is 4.90 Å². The number of benzene rings is 1. The molecule has 7 nitrogen and oxygen atoms in total. The van der Waals surface area contributed by atoms with E-state index in [0.29, 0.717) is 56.3 Å². The van der Waals surface area contributed by atoms with Gasteiger partial charge in [0.1, 0.15) is 6.04 Å². The van der Waals surface area contributed by atoms with Gasteiger partial charge in [-0.3, -0.25) is 14.4 Å². The predicted molar refractivity (Wildman–Crippen MR) is 93.4 cm³/mol. The van der Waals surface area contributed by atoms with Crippen LogP contribution in [0.5, 0.6) is 0 Å². The number of carbonyl (C=O) groups excluding carboxylic acids is 3. The Hall–Kier alpha value is -2.12. The number of hydrogen-bond donors (Lipinski definition) is 3. The van der Waals surface area contributed by atoms with Gasteiger partial charge in [-0.2, -0.15) is 0 Å². The number of halogens is 1. The second-order valence-corrected chi connectivity index (χ2v) is 6.85. The monoisotopic (exact) mass is 365 g/mol. The maximum Gasteiger partial charge on any atom is 0.279 e. The molecule has 2 heterocycles. The summed E-state index contributed by atoms with van der Waals surface area (Å²) in [5.74, 6) is -0.157. The first-order chi connectivity index (χ1) is 12.0. The van der Waals surface area contributed by atoms with Gasteiger partial charge in [0.2, 0.25) is 11.8 Å². The molecule has 134 valence electrons. The minimum absolute atomic E-state index is 0.00887. The SMILES string of the molecule is O=C(C[NH+]1CCN(C(=O)[C@@H]2CCC(=O)N2)CC1)Nc1ccccc1Cl. The molecule has 25 heavy (non-hydrogen) atoms. The van der Waals surface area contributed by atoms with Crippen LogP contribution in [-0.4, -0.2) is 61.4 Å². The maximum atomic E-state index is 12.4. The third kappa shape index (κ3) is 4.49. The normalized spacial score (nSPS) is 21.1. The number of nitrogens with zero attached hydrogens (tertiary/aromatic N) is 1. The van der Waals surface area contributed by atoms with Crippen LogP contribution in [0.15, 0.2) is 24.3 Å². The number of para-hydroxylation sites is 1. The number of quaternary nitrogens is 1. The van der Waals surface area contributed by atoms with E-state index in [2.05, 4.69) is 10.6 Å². The van der Waals surface area contributed by atoms with E-state index in [1.165, 1.54) is 0 Å². The summed E-state index contributed by atoms with van der Waals surface area (Å²) in [4.78, 5) is 38.7. The largest absolute Gasteiger partial charge is 0.344 e. The second kappa shape index (κ2) is 7.84. The van der Waals surface area contributed by atoms with Crippen molar-refractivity contribution in [2.75, 3.05) is 38.0 Å². The van der Waals surface area contributed by atoms with Gasteiger partial charge >= 0.3 is 0 Å². The molecule has 1 aromatic rings. The number of carbonyl (C=O) groups is 3. The van der Waals surface area contributed by atoms with Crippen LogP contribution in [0, 0.1) is 0 Å². The number of rotatable bonds is 4. The summed E-state index contributed by atoms with van der Waals surface area (Å²) in [7, 11) is 0. The Morgan fingerprint density at radius 1 is 1.28 bits per heavy atom. The predicted octanol–water partition coefficient (Wildman–Crippen LogP) is -0.716. The number of piperazine rings is 1. The van der Waals surface area contributed by atoms with Crippen molar-refractivity contribution in [1.29, 1.82) is 0 Å². The molecule has 2 fully saturated rings. The van der Waals surface area contributed by atoms with Crippen LogP contribution in [-0.2, 0) is 14.4 Å². The fourth-order valence-corrected chi connectivity index (χ4v) is 3.41. The lowest BCUT2D eigenvalue weighted by molar-refractivity contribution is -0.895. The van der Waals surface area contributed by atoms with Gasteiger partial charge in [0, 0.05) is 6.42 Å². The zero-order valence-electron chi connectivity index (χ0n) is 13.9. The lowest BCUT2D eigenvalue weighted by atomic mass is 10.2. The molecule has 0 bridgehead atoms. The highest BCUT2D eigenvalue weighted by molar-refractivity contribution is 6.33. The van der Waals surface area contributed by atoms with Gasteiger partial charge in [0.05, 0.1) is 36.9 Å². The Bertz CT molecular complexity index is 674. The summed E-state index contributed by atoms with van der Waals surface area (Å²) in [6.07, 6.45) is 0.995. The van der Waals surface area contributed by atoms with Gasteiger partial charge in [-0.25, -0.2) is 0 Å². The molecule has 3 amide bonds. The molecule has 0 aliphatic carbocycles. The zero-order chi connectivity index (χ0) is 17.8. The molecule has 1 aromatic carbocycles. The smallest absolute Gasteiger partial charge is 0.279 e. The molecule has 0 unspecified atom stereocenters. The highest BCUT2D eigenvalue weighted by Gasteiger charge is 2.33. The first kappa shape index (κ1) is 17.7. The van der Waals surface area contributed by atoms with E-state index in [9.17, 15) is 14.4 Å². The summed E-state index contributed by atoms with van der Waals surface area (Å²) in [5, 5.41) is 6.05. The van der Waals surface area contributed by atoms with Crippen LogP contribution in [0.4, 0.5) is 5.69 Å². The van der Waals surface area contributed by atoms with Crippen LogP contribution in [0.2, 0.25) is 5.02 Å². The van der Waals surface area contributed by atoms with Gasteiger partial charge in [-0.15, -0.1) is 0 Å². The van der Waals surface area contributed by atoms with Crippen molar-refractivity contribution in [2.24, 2.45) is 0 Å². The molecule has 3 rings (SSSR count). The molecule has 1 atom stereocenters. The minimum atomic E-state index is -0.377. The van der Waals surface area contributed by atoms with Crippen LogP contribution in [0.3, 0.4) is 0 Å². The van der Waals surface area contributed by atoms with Crippen molar-refractivity contribution >= 4 is 35.0 Å². The van der Waals surface area contributed by atoms with E-state index in [1.54, 1.807) is 17.0 Å². The van der Waals surface area contributed by atoms with Crippen molar-refractivity contribution in [3.63, 3.8) is 0 Å². The number of nitrogens with one attached hydrogen (secondary N) is 3. The summed E-state index contributed by atoms with van der Waals surface area (Å²) in [5.41, 5.74) is 0.611. The summed E-state index contributed by atoms with van der Waals surface area (Å²) >= 11 is 6.04. The molecule has 8 heteroatoms. The van der Waals surface area contributed by atoms with E-state index < -0.39 is 0 Å². The number of anilines is 1. The second-order valence-electron chi connectivity index (χ2n) is 6.44. The third-order valence-corrected chi connectivity index (χ3v) is 4.96. The highest BCUT2D eigenvalue weighted by atomic mass is 35.5. The maximum absolute atomic E-state index is 12.4.